The van der Waals surface area contributed by atoms with Crippen LogP contribution in [-0.2, 0) is 28.6 Å². The molecule has 0 aromatic rings. The molecule has 0 fully saturated rings. The fourth-order valence-corrected chi connectivity index (χ4v) is 8.91. The topological polar surface area (TPSA) is 78.9 Å². The van der Waals surface area contributed by atoms with E-state index in [0.717, 1.165) is 103 Å². The number of hydrogen-bond donors (Lipinski definition) is 0. The second kappa shape index (κ2) is 62.1. The van der Waals surface area contributed by atoms with Crippen LogP contribution in [0.2, 0.25) is 0 Å². The number of carbonyl (C=O) groups is 3. The molecule has 0 aliphatic carbocycles. The zero-order chi connectivity index (χ0) is 53.6. The average molecular weight is 1030 g/mol. The molecule has 6 heteroatoms. The van der Waals surface area contributed by atoms with E-state index in [1.807, 2.05) is 0 Å². The molecule has 0 heterocycles. The van der Waals surface area contributed by atoms with E-state index in [2.05, 4.69) is 106 Å². The largest absolute Gasteiger partial charge is 0.462 e. The van der Waals surface area contributed by atoms with Crippen molar-refractivity contribution in [2.75, 3.05) is 13.2 Å². The summed E-state index contributed by atoms with van der Waals surface area (Å²) in [6.07, 6.45) is 81.6. The molecule has 0 aromatic carbocycles. The molecule has 426 valence electrons. The lowest BCUT2D eigenvalue weighted by molar-refractivity contribution is -0.167. The third kappa shape index (κ3) is 59.5. The smallest absolute Gasteiger partial charge is 0.306 e. The first-order chi connectivity index (χ1) is 36.5. The molecule has 0 aliphatic rings. The summed E-state index contributed by atoms with van der Waals surface area (Å²) < 4.78 is 16.9. The van der Waals surface area contributed by atoms with Gasteiger partial charge in [-0.25, -0.2) is 0 Å². The van der Waals surface area contributed by atoms with Gasteiger partial charge < -0.3 is 14.2 Å². The molecule has 0 saturated carbocycles. The fraction of sp³-hybridized carbons (Fsp3) is 0.750. The Bertz CT molecular complexity index is 1420. The van der Waals surface area contributed by atoms with Gasteiger partial charge in [-0.15, -0.1) is 0 Å². The number of carbonyl (C=O) groups excluding carboxylic acids is 3. The van der Waals surface area contributed by atoms with Crippen molar-refractivity contribution >= 4 is 17.9 Å². The van der Waals surface area contributed by atoms with E-state index in [-0.39, 0.29) is 31.1 Å². The van der Waals surface area contributed by atoms with Crippen molar-refractivity contribution in [1.29, 1.82) is 0 Å². The van der Waals surface area contributed by atoms with E-state index in [1.54, 1.807) is 0 Å². The van der Waals surface area contributed by atoms with E-state index in [0.29, 0.717) is 19.3 Å². The lowest BCUT2D eigenvalue weighted by Gasteiger charge is -2.18. The second-order valence-electron chi connectivity index (χ2n) is 20.9. The van der Waals surface area contributed by atoms with Gasteiger partial charge in [-0.05, 0) is 96.3 Å². The van der Waals surface area contributed by atoms with Crippen LogP contribution in [-0.4, -0.2) is 37.2 Å². The molecule has 0 N–H and O–H groups in total. The normalized spacial score (nSPS) is 12.6. The lowest BCUT2D eigenvalue weighted by Crippen LogP contribution is -2.30. The van der Waals surface area contributed by atoms with Gasteiger partial charge in [0.05, 0.1) is 0 Å². The van der Waals surface area contributed by atoms with Gasteiger partial charge in [0.2, 0.25) is 0 Å². The van der Waals surface area contributed by atoms with Crippen LogP contribution in [0.1, 0.15) is 310 Å². The van der Waals surface area contributed by atoms with Gasteiger partial charge in [0.1, 0.15) is 13.2 Å². The van der Waals surface area contributed by atoms with Crippen molar-refractivity contribution in [3.63, 3.8) is 0 Å². The Labute approximate surface area is 458 Å². The molecule has 0 radical (unpaired) electrons. The van der Waals surface area contributed by atoms with Crippen molar-refractivity contribution in [2.45, 2.75) is 316 Å². The van der Waals surface area contributed by atoms with Crippen LogP contribution in [0.4, 0.5) is 0 Å². The van der Waals surface area contributed by atoms with Crippen molar-refractivity contribution < 1.29 is 28.6 Å². The highest BCUT2D eigenvalue weighted by Crippen LogP contribution is 2.16. The summed E-state index contributed by atoms with van der Waals surface area (Å²) in [4.78, 5) is 38.2. The predicted molar refractivity (Wildman–Crippen MR) is 321 cm³/mol. The first-order valence-electron chi connectivity index (χ1n) is 31.6. The summed E-state index contributed by atoms with van der Waals surface area (Å²) in [7, 11) is 0. The van der Waals surface area contributed by atoms with Crippen LogP contribution in [0.15, 0.2) is 85.1 Å². The van der Waals surface area contributed by atoms with Crippen LogP contribution < -0.4 is 0 Å². The van der Waals surface area contributed by atoms with Crippen LogP contribution in [0, 0.1) is 0 Å². The Hall–Kier alpha value is -3.41. The monoisotopic (exact) mass is 1030 g/mol. The SMILES string of the molecule is CC/C=C\C/C=C\C/C=C\C/C=C\C/C=C\C/C=C\CCCCCCCCCCC(=O)OCC(COC(=O)CCCCCCCCCCCCC)OC(=O)CCCCCCCCC/C=C\CCCCCCCCC. The summed E-state index contributed by atoms with van der Waals surface area (Å²) in [5.41, 5.74) is 0. The van der Waals surface area contributed by atoms with Gasteiger partial charge in [0.15, 0.2) is 6.10 Å². The molecule has 0 spiro atoms. The average Bonchev–Trinajstić information content (AvgIpc) is 3.40. The minimum absolute atomic E-state index is 0.0778. The van der Waals surface area contributed by atoms with Gasteiger partial charge in [-0.3, -0.25) is 14.4 Å². The number of hydrogen-bond acceptors (Lipinski definition) is 6. The Kier molecular flexibility index (Phi) is 59.3. The van der Waals surface area contributed by atoms with Crippen LogP contribution in [0.25, 0.3) is 0 Å². The molecule has 1 unspecified atom stereocenters. The molecule has 0 aliphatic heterocycles. The molecule has 0 amide bonds. The lowest BCUT2D eigenvalue weighted by atomic mass is 10.1. The first kappa shape index (κ1) is 70.6. The van der Waals surface area contributed by atoms with E-state index in [1.165, 1.54) is 167 Å². The van der Waals surface area contributed by atoms with Crippen LogP contribution >= 0.6 is 0 Å². The van der Waals surface area contributed by atoms with Crippen molar-refractivity contribution in [2.24, 2.45) is 0 Å². The summed E-state index contributed by atoms with van der Waals surface area (Å²) in [6, 6.07) is 0. The maximum atomic E-state index is 12.9. The van der Waals surface area contributed by atoms with E-state index in [9.17, 15) is 14.4 Å². The van der Waals surface area contributed by atoms with E-state index < -0.39 is 6.10 Å². The highest BCUT2D eigenvalue weighted by Gasteiger charge is 2.19. The van der Waals surface area contributed by atoms with E-state index >= 15 is 0 Å². The number of unbranched alkanes of at least 4 members (excludes halogenated alkanes) is 32. The molecule has 0 bridgehead atoms. The molecule has 74 heavy (non-hydrogen) atoms. The quantitative estimate of drug-likeness (QED) is 0.0261. The number of esters is 3. The fourth-order valence-electron chi connectivity index (χ4n) is 8.91. The standard InChI is InChI=1S/C68H118O6/c1-4-7-10-13-16-19-22-24-26-28-30-31-32-33-34-35-36-37-38-40-41-43-46-49-52-55-58-61-67(70)73-64-65(63-72-66(69)60-57-54-51-48-45-21-18-15-12-9-6-3)74-68(71)62-59-56-53-50-47-44-42-39-29-27-25-23-20-17-14-11-8-5-2/h7,10,16,19,24,26-27,29-31,33-34,36-37,65H,4-6,8-9,11-15,17-18,20-23,25,28,32,35,38-64H2,1-3H3/b10-7-,19-16-,26-24-,29-27-,31-30-,34-33-,37-36-. The molecule has 6 nitrogen and oxygen atoms in total. The van der Waals surface area contributed by atoms with Crippen molar-refractivity contribution in [1.82, 2.24) is 0 Å². The third-order valence-corrected chi connectivity index (χ3v) is 13.6. The third-order valence-electron chi connectivity index (χ3n) is 13.6. The van der Waals surface area contributed by atoms with Gasteiger partial charge in [-0.1, -0.05) is 279 Å². The summed E-state index contributed by atoms with van der Waals surface area (Å²) in [6.45, 7) is 6.53. The van der Waals surface area contributed by atoms with Crippen LogP contribution in [0.3, 0.4) is 0 Å². The first-order valence-corrected chi connectivity index (χ1v) is 31.6. The second-order valence-corrected chi connectivity index (χ2v) is 20.9. The van der Waals surface area contributed by atoms with Crippen LogP contribution in [0.5, 0.6) is 0 Å². The molecule has 1 atom stereocenters. The Morgan fingerprint density at radius 1 is 0.284 bits per heavy atom. The van der Waals surface area contributed by atoms with Gasteiger partial charge in [0, 0.05) is 19.3 Å². The van der Waals surface area contributed by atoms with Gasteiger partial charge in [-0.2, -0.15) is 0 Å². The highest BCUT2D eigenvalue weighted by atomic mass is 16.6. The maximum Gasteiger partial charge on any atom is 0.306 e. The molecule has 0 saturated heterocycles. The zero-order valence-electron chi connectivity index (χ0n) is 48.8. The number of ether oxygens (including phenoxy) is 3. The number of rotatable bonds is 57. The van der Waals surface area contributed by atoms with Crippen molar-refractivity contribution in [3.8, 4) is 0 Å². The molecule has 0 rings (SSSR count). The Balaban J connectivity index is 4.29. The minimum Gasteiger partial charge on any atom is -0.462 e. The summed E-state index contributed by atoms with van der Waals surface area (Å²) >= 11 is 0. The van der Waals surface area contributed by atoms with Crippen molar-refractivity contribution in [3.05, 3.63) is 85.1 Å². The molecular formula is C68H118O6. The predicted octanol–water partition coefficient (Wildman–Crippen LogP) is 21.5. The molecule has 0 aromatic heterocycles. The van der Waals surface area contributed by atoms with Gasteiger partial charge >= 0.3 is 17.9 Å². The number of allylic oxidation sites excluding steroid dienone is 14. The Morgan fingerprint density at radius 2 is 0.527 bits per heavy atom. The summed E-state index contributed by atoms with van der Waals surface area (Å²) in [5, 5.41) is 0. The van der Waals surface area contributed by atoms with Gasteiger partial charge in [0.25, 0.3) is 0 Å². The maximum absolute atomic E-state index is 12.9. The highest BCUT2D eigenvalue weighted by molar-refractivity contribution is 5.71. The Morgan fingerprint density at radius 3 is 0.838 bits per heavy atom. The zero-order valence-corrected chi connectivity index (χ0v) is 48.8. The minimum atomic E-state index is -0.781. The molecular weight excluding hydrogens is 913 g/mol. The van der Waals surface area contributed by atoms with E-state index in [4.69, 9.17) is 14.2 Å². The summed E-state index contributed by atoms with van der Waals surface area (Å²) in [5.74, 6) is -0.880.